The Hall–Kier alpha value is -6.14. The summed E-state index contributed by atoms with van der Waals surface area (Å²) >= 11 is 0. The molecule has 374 valence electrons. The lowest BCUT2D eigenvalue weighted by molar-refractivity contribution is -0.155. The molecule has 18 heteroatoms. The van der Waals surface area contributed by atoms with Crippen molar-refractivity contribution in [2.45, 2.75) is 115 Å². The van der Waals surface area contributed by atoms with E-state index in [-0.39, 0.29) is 39.0 Å². The van der Waals surface area contributed by atoms with E-state index in [1.54, 1.807) is 56.4 Å². The molecule has 0 radical (unpaired) electrons. The number of fused-ring (bicyclic) bond motifs is 6. The number of likely N-dealkylation sites (tertiary alicyclic amines) is 1. The van der Waals surface area contributed by atoms with Gasteiger partial charge in [0.15, 0.2) is 0 Å². The summed E-state index contributed by atoms with van der Waals surface area (Å²) in [5.74, 6) is -3.95. The zero-order valence-corrected chi connectivity index (χ0v) is 40.2. The summed E-state index contributed by atoms with van der Waals surface area (Å²) in [5, 5.41) is 4.75. The van der Waals surface area contributed by atoms with Crippen molar-refractivity contribution in [3.05, 3.63) is 90.3 Å². The second-order valence-electron chi connectivity index (χ2n) is 20.2. The minimum Gasteiger partial charge on any atom is -0.464 e. The third-order valence-electron chi connectivity index (χ3n) is 13.9. The van der Waals surface area contributed by atoms with E-state index in [4.69, 9.17) is 9.47 Å². The number of rotatable bonds is 9. The molecule has 4 amide bonds. The number of pyridine rings is 1. The molecule has 70 heavy (non-hydrogen) atoms. The summed E-state index contributed by atoms with van der Waals surface area (Å²) < 4.78 is 74.0. The molecule has 2 aromatic carbocycles. The number of hydrogen-bond donors (Lipinski definition) is 2. The number of cyclic esters (lactones) is 1. The minimum absolute atomic E-state index is 0.00638. The molecule has 2 N–H and O–H groups in total. The quantitative estimate of drug-likeness (QED) is 0.102. The molecule has 14 nitrogen and oxygen atoms in total. The maximum Gasteiger partial charge on any atom is 0.406 e. The first-order chi connectivity index (χ1) is 33.2. The van der Waals surface area contributed by atoms with E-state index < -0.39 is 90.1 Å². The minimum atomic E-state index is -4.60. The van der Waals surface area contributed by atoms with Crippen molar-refractivity contribution in [1.29, 1.82) is 0 Å². The van der Waals surface area contributed by atoms with E-state index in [0.717, 1.165) is 17.4 Å². The number of hydrazine groups is 1. The Bertz CT molecular complexity index is 2680. The molecule has 3 fully saturated rings. The number of amides is 4. The van der Waals surface area contributed by atoms with Crippen LogP contribution in [0.3, 0.4) is 0 Å². The van der Waals surface area contributed by atoms with Crippen LogP contribution in [-0.2, 0) is 52.8 Å². The maximum atomic E-state index is 16.3. The van der Waals surface area contributed by atoms with Gasteiger partial charge in [-0.2, -0.15) is 13.2 Å². The second-order valence-corrected chi connectivity index (χ2v) is 20.2. The summed E-state index contributed by atoms with van der Waals surface area (Å²) in [7, 11) is 1.33. The second kappa shape index (κ2) is 19.9. The number of ether oxygens (including phenoxy) is 2. The molecule has 0 saturated carbocycles. The normalized spacial score (nSPS) is 23.5. The lowest BCUT2D eigenvalue weighted by Crippen LogP contribution is -2.62. The van der Waals surface area contributed by atoms with Crippen LogP contribution in [0.1, 0.15) is 82.7 Å². The first kappa shape index (κ1) is 50.3. The van der Waals surface area contributed by atoms with Crippen molar-refractivity contribution in [3.63, 3.8) is 0 Å². The lowest BCUT2D eigenvalue weighted by Gasteiger charge is -2.37. The molecule has 2 aromatic heterocycles. The van der Waals surface area contributed by atoms with Gasteiger partial charge in [-0.05, 0) is 90.6 Å². The Morgan fingerprint density at radius 2 is 1.81 bits per heavy atom. The number of hydrogen-bond acceptors (Lipinski definition) is 9. The predicted octanol–water partition coefficient (Wildman–Crippen LogP) is 7.04. The van der Waals surface area contributed by atoms with Gasteiger partial charge in [-0.25, -0.2) is 9.82 Å². The standard InChI is InChI=1S/C52H61F4N7O7/c1-7-42(64)61-22-19-51(53,28-61)49(68)60(6)44(31(2)3)46(65)58-39-25-32-12-8-13-33(24-32)34-17-18-40-36(26-34)37(27-50(4,5)30-70-48(67)38-15-10-21-63(59-38)47(39)66)45(62(40)29-52(54,55)56)35-14-9-20-57-43(35)41-16-11-23-69-41/h7-9,12-14,17-18,20,24,26,31,38-39,41,44,59H,1,10-11,15-16,19,21-23,25,27-30H2,2-6H3,(H,58,65)/t38-,39-,41-,44-,51+/m0/s1. The fourth-order valence-corrected chi connectivity index (χ4v) is 10.5. The Morgan fingerprint density at radius 1 is 1.04 bits per heavy atom. The van der Waals surface area contributed by atoms with Gasteiger partial charge in [-0.3, -0.25) is 34.0 Å². The number of nitrogens with one attached hydrogen (secondary N) is 2. The highest BCUT2D eigenvalue weighted by atomic mass is 19.4. The molecule has 4 aliphatic rings. The molecule has 4 aliphatic heterocycles. The van der Waals surface area contributed by atoms with Crippen LogP contribution in [0.5, 0.6) is 0 Å². The monoisotopic (exact) mass is 971 g/mol. The van der Waals surface area contributed by atoms with Crippen LogP contribution in [0.4, 0.5) is 17.6 Å². The van der Waals surface area contributed by atoms with E-state index in [2.05, 4.69) is 22.3 Å². The van der Waals surface area contributed by atoms with E-state index in [1.165, 1.54) is 21.5 Å². The van der Waals surface area contributed by atoms with Crippen molar-refractivity contribution in [3.8, 4) is 22.4 Å². The highest BCUT2D eigenvalue weighted by Gasteiger charge is 2.50. The number of likely N-dealkylation sites (N-methyl/N-ethyl adjacent to an activating group) is 1. The number of halogens is 4. The fraction of sp³-hybridized carbons (Fsp3) is 0.500. The Morgan fingerprint density at radius 3 is 2.53 bits per heavy atom. The SMILES string of the molecule is C=CC(=O)N1CC[C@](F)(C(=O)N(C)[C@H](C(=O)N[C@H]2Cc3cccc(c3)-c3ccc4c(c3)c(c(-c3cccnc3[C@@H]3CCCO3)n4CC(F)(F)F)CC(C)(C)COC(=O)[C@@H]3CCCN(N3)C2=O)C(C)C)C1. The van der Waals surface area contributed by atoms with Gasteiger partial charge in [0.1, 0.15) is 30.8 Å². The Balaban J connectivity index is 1.21. The van der Waals surface area contributed by atoms with Gasteiger partial charge in [-0.1, -0.05) is 64.6 Å². The molecule has 6 bridgehead atoms. The van der Waals surface area contributed by atoms with Crippen LogP contribution in [0.25, 0.3) is 33.3 Å². The summed E-state index contributed by atoms with van der Waals surface area (Å²) in [5.41, 5.74) is 4.15. The van der Waals surface area contributed by atoms with Gasteiger partial charge in [-0.15, -0.1) is 0 Å². The molecule has 6 heterocycles. The summed E-state index contributed by atoms with van der Waals surface area (Å²) in [6.07, 6.45) is -0.257. The highest BCUT2D eigenvalue weighted by Crippen LogP contribution is 2.44. The number of benzene rings is 2. The number of aromatic nitrogens is 2. The van der Waals surface area contributed by atoms with Gasteiger partial charge < -0.3 is 29.2 Å². The molecular formula is C52H61F4N7O7. The number of carbonyl (C=O) groups excluding carboxylic acids is 5. The van der Waals surface area contributed by atoms with Crippen LogP contribution in [0, 0.1) is 11.3 Å². The first-order valence-corrected chi connectivity index (χ1v) is 24.0. The van der Waals surface area contributed by atoms with E-state index in [9.17, 15) is 37.1 Å². The predicted molar refractivity (Wildman–Crippen MR) is 253 cm³/mol. The summed E-state index contributed by atoms with van der Waals surface area (Å²) in [6.45, 7) is 9.43. The molecule has 5 atom stereocenters. The van der Waals surface area contributed by atoms with Crippen molar-refractivity contribution < 1.29 is 51.0 Å². The van der Waals surface area contributed by atoms with Crippen molar-refractivity contribution in [1.82, 2.24) is 35.1 Å². The first-order valence-electron chi connectivity index (χ1n) is 24.0. The van der Waals surface area contributed by atoms with Crippen LogP contribution < -0.4 is 10.7 Å². The molecular weight excluding hydrogens is 911 g/mol. The Kier molecular flexibility index (Phi) is 14.3. The van der Waals surface area contributed by atoms with Crippen LogP contribution in [-0.4, -0.2) is 124 Å². The maximum absolute atomic E-state index is 16.3. The summed E-state index contributed by atoms with van der Waals surface area (Å²) in [6, 6.07) is 12.7. The van der Waals surface area contributed by atoms with Crippen molar-refractivity contribution in [2.24, 2.45) is 11.3 Å². The zero-order chi connectivity index (χ0) is 50.3. The van der Waals surface area contributed by atoms with Crippen LogP contribution >= 0.6 is 0 Å². The van der Waals surface area contributed by atoms with Gasteiger partial charge in [0.05, 0.1) is 24.5 Å². The van der Waals surface area contributed by atoms with E-state index in [0.29, 0.717) is 76.0 Å². The topological polar surface area (TPSA) is 155 Å². The van der Waals surface area contributed by atoms with Crippen LogP contribution in [0.2, 0.25) is 0 Å². The summed E-state index contributed by atoms with van der Waals surface area (Å²) in [4.78, 5) is 76.2. The van der Waals surface area contributed by atoms with Crippen LogP contribution in [0.15, 0.2) is 73.4 Å². The van der Waals surface area contributed by atoms with Gasteiger partial charge in [0, 0.05) is 67.7 Å². The smallest absolute Gasteiger partial charge is 0.406 e. The molecule has 0 aliphatic carbocycles. The van der Waals surface area contributed by atoms with E-state index in [1.807, 2.05) is 32.0 Å². The average Bonchev–Trinajstić information content (AvgIpc) is 4.08. The molecule has 8 rings (SSSR count). The third-order valence-corrected chi connectivity index (χ3v) is 13.9. The van der Waals surface area contributed by atoms with Crippen molar-refractivity contribution >= 4 is 40.5 Å². The van der Waals surface area contributed by atoms with Gasteiger partial charge in [0.2, 0.25) is 17.5 Å². The number of alkyl halides is 4. The highest BCUT2D eigenvalue weighted by molar-refractivity contribution is 5.97. The number of esters is 1. The van der Waals surface area contributed by atoms with E-state index >= 15 is 4.39 Å². The Labute approximate surface area is 404 Å². The lowest BCUT2D eigenvalue weighted by atomic mass is 9.84. The fourth-order valence-electron chi connectivity index (χ4n) is 10.5. The molecule has 4 aromatic rings. The number of nitrogens with zero attached hydrogens (tertiary/aromatic N) is 5. The zero-order valence-electron chi connectivity index (χ0n) is 40.2. The average molecular weight is 972 g/mol. The van der Waals surface area contributed by atoms with Gasteiger partial charge in [0.25, 0.3) is 11.8 Å². The van der Waals surface area contributed by atoms with Crippen molar-refractivity contribution in [2.75, 3.05) is 39.9 Å². The van der Waals surface area contributed by atoms with Gasteiger partial charge >= 0.3 is 12.1 Å². The molecule has 0 unspecified atom stereocenters. The largest absolute Gasteiger partial charge is 0.464 e. The third kappa shape index (κ3) is 10.5. The molecule has 0 spiro atoms. The molecule has 3 saturated heterocycles. The number of carbonyl (C=O) groups is 5.